The number of carbonyl (C=O) groups excluding carboxylic acids is 1. The van der Waals surface area contributed by atoms with Crippen molar-refractivity contribution in [2.45, 2.75) is 39.8 Å². The topological polar surface area (TPSA) is 46.9 Å². The van der Waals surface area contributed by atoms with E-state index in [4.69, 9.17) is 4.98 Å². The minimum Gasteiger partial charge on any atom is -0.343 e. The molecule has 0 aliphatic heterocycles. The quantitative estimate of drug-likeness (QED) is 0.604. The Morgan fingerprint density at radius 2 is 1.78 bits per heavy atom. The van der Waals surface area contributed by atoms with Crippen molar-refractivity contribution in [2.75, 3.05) is 0 Å². The molecule has 0 radical (unpaired) electrons. The highest BCUT2D eigenvalue weighted by atomic mass is 16.1. The van der Waals surface area contributed by atoms with Crippen molar-refractivity contribution >= 4 is 23.0 Å². The molecule has 2 aromatic carbocycles. The lowest BCUT2D eigenvalue weighted by atomic mass is 10.1. The van der Waals surface area contributed by atoms with Crippen LogP contribution < -0.4 is 5.32 Å². The average molecular weight is 361 g/mol. The molecule has 0 bridgehead atoms. The Morgan fingerprint density at radius 3 is 2.52 bits per heavy atom. The van der Waals surface area contributed by atoms with Gasteiger partial charge in [-0.2, -0.15) is 0 Å². The van der Waals surface area contributed by atoms with Crippen molar-refractivity contribution in [3.05, 3.63) is 72.1 Å². The van der Waals surface area contributed by atoms with Gasteiger partial charge in [0, 0.05) is 12.6 Å². The Balaban J connectivity index is 1.78. The second-order valence-corrected chi connectivity index (χ2v) is 7.27. The molecular weight excluding hydrogens is 334 g/mol. The zero-order chi connectivity index (χ0) is 19.2. The van der Waals surface area contributed by atoms with Crippen LogP contribution in [-0.2, 0) is 11.3 Å². The molecule has 0 aliphatic rings. The van der Waals surface area contributed by atoms with Gasteiger partial charge < -0.3 is 9.88 Å². The van der Waals surface area contributed by atoms with Crippen molar-refractivity contribution in [2.24, 2.45) is 5.92 Å². The van der Waals surface area contributed by atoms with Gasteiger partial charge in [0.25, 0.3) is 0 Å². The summed E-state index contributed by atoms with van der Waals surface area (Å²) in [5, 5.41) is 3.05. The molecule has 1 atom stereocenters. The molecule has 1 amide bonds. The molecule has 1 unspecified atom stereocenters. The van der Waals surface area contributed by atoms with Gasteiger partial charge >= 0.3 is 0 Å². The van der Waals surface area contributed by atoms with E-state index in [1.807, 2.05) is 61.5 Å². The molecule has 0 spiro atoms. The Labute approximate surface area is 160 Å². The highest BCUT2D eigenvalue weighted by Crippen LogP contribution is 2.22. The van der Waals surface area contributed by atoms with Crippen LogP contribution in [0.2, 0.25) is 0 Å². The van der Waals surface area contributed by atoms with Gasteiger partial charge in [-0.3, -0.25) is 4.79 Å². The number of hydrogen-bond donors (Lipinski definition) is 1. The average Bonchev–Trinajstić information content (AvgIpc) is 3.04. The molecule has 27 heavy (non-hydrogen) atoms. The maximum atomic E-state index is 12.4. The molecule has 140 valence electrons. The summed E-state index contributed by atoms with van der Waals surface area (Å²) in [4.78, 5) is 17.1. The molecule has 3 aromatic rings. The van der Waals surface area contributed by atoms with E-state index in [1.165, 1.54) is 0 Å². The first kappa shape index (κ1) is 18.9. The number of nitrogens with zero attached hydrogens (tertiary/aromatic N) is 2. The van der Waals surface area contributed by atoms with Gasteiger partial charge in [-0.25, -0.2) is 4.98 Å². The maximum Gasteiger partial charge on any atom is 0.244 e. The van der Waals surface area contributed by atoms with E-state index in [9.17, 15) is 4.79 Å². The molecule has 0 saturated heterocycles. The number of para-hydroxylation sites is 2. The lowest BCUT2D eigenvalue weighted by Gasteiger charge is -2.16. The first-order chi connectivity index (χ1) is 13.0. The Kier molecular flexibility index (Phi) is 6.07. The largest absolute Gasteiger partial charge is 0.343 e. The number of nitrogens with one attached hydrogen (secondary N) is 1. The minimum atomic E-state index is -0.169. The van der Waals surface area contributed by atoms with Crippen LogP contribution in [0, 0.1) is 5.92 Å². The predicted molar refractivity (Wildman–Crippen MR) is 111 cm³/mol. The second kappa shape index (κ2) is 8.67. The Morgan fingerprint density at radius 1 is 1.07 bits per heavy atom. The second-order valence-electron chi connectivity index (χ2n) is 7.27. The smallest absolute Gasteiger partial charge is 0.244 e. The van der Waals surface area contributed by atoms with Gasteiger partial charge in [0.05, 0.1) is 17.1 Å². The highest BCUT2D eigenvalue weighted by molar-refractivity contribution is 5.92. The third kappa shape index (κ3) is 4.85. The van der Waals surface area contributed by atoms with Crippen LogP contribution in [0.15, 0.2) is 60.7 Å². The van der Waals surface area contributed by atoms with Gasteiger partial charge in [-0.15, -0.1) is 0 Å². The summed E-state index contributed by atoms with van der Waals surface area (Å²) in [5.74, 6) is 1.39. The number of amides is 1. The van der Waals surface area contributed by atoms with E-state index in [-0.39, 0.29) is 11.9 Å². The molecule has 4 nitrogen and oxygen atoms in total. The molecular formula is C23H27N3O. The van der Waals surface area contributed by atoms with E-state index >= 15 is 0 Å². The van der Waals surface area contributed by atoms with E-state index < -0.39 is 0 Å². The van der Waals surface area contributed by atoms with E-state index in [0.29, 0.717) is 5.92 Å². The summed E-state index contributed by atoms with van der Waals surface area (Å²) in [6, 6.07) is 17.8. The van der Waals surface area contributed by atoms with Crippen LogP contribution in [0.1, 0.15) is 44.6 Å². The first-order valence-electron chi connectivity index (χ1n) is 9.53. The zero-order valence-electron chi connectivity index (χ0n) is 16.2. The monoisotopic (exact) mass is 361 g/mol. The van der Waals surface area contributed by atoms with Crippen LogP contribution in [0.3, 0.4) is 0 Å². The van der Waals surface area contributed by atoms with Crippen molar-refractivity contribution in [1.82, 2.24) is 14.9 Å². The van der Waals surface area contributed by atoms with Crippen LogP contribution in [0.4, 0.5) is 0 Å². The number of aromatic nitrogens is 2. The number of fused-ring (bicyclic) bond motifs is 1. The molecule has 1 aromatic heterocycles. The first-order valence-corrected chi connectivity index (χ1v) is 9.53. The third-order valence-electron chi connectivity index (χ3n) is 4.59. The summed E-state index contributed by atoms with van der Waals surface area (Å²) >= 11 is 0. The van der Waals surface area contributed by atoms with Crippen LogP contribution in [0.25, 0.3) is 17.1 Å². The normalized spacial score (nSPS) is 12.7. The molecule has 3 rings (SSSR count). The highest BCUT2D eigenvalue weighted by Gasteiger charge is 2.17. The SMILES string of the molecule is CC(C)CCn1c(C(C)NC(=O)/C=C/c2ccccc2)nc2ccccc21. The molecule has 0 aliphatic carbocycles. The number of hydrogen-bond acceptors (Lipinski definition) is 2. The van der Waals surface area contributed by atoms with Crippen LogP contribution in [0.5, 0.6) is 0 Å². The lowest BCUT2D eigenvalue weighted by molar-refractivity contribution is -0.117. The maximum absolute atomic E-state index is 12.4. The predicted octanol–water partition coefficient (Wildman–Crippen LogP) is 4.97. The van der Waals surface area contributed by atoms with Crippen LogP contribution in [-0.4, -0.2) is 15.5 Å². The van der Waals surface area contributed by atoms with Crippen molar-refractivity contribution in [3.63, 3.8) is 0 Å². The van der Waals surface area contributed by atoms with E-state index in [1.54, 1.807) is 6.08 Å². The molecule has 0 saturated carbocycles. The minimum absolute atomic E-state index is 0.117. The third-order valence-corrected chi connectivity index (χ3v) is 4.59. The number of carbonyl (C=O) groups is 1. The van der Waals surface area contributed by atoms with Crippen LogP contribution >= 0.6 is 0 Å². The lowest BCUT2D eigenvalue weighted by Crippen LogP contribution is -2.27. The summed E-state index contributed by atoms with van der Waals surface area (Å²) in [5.41, 5.74) is 3.09. The van der Waals surface area contributed by atoms with Gasteiger partial charge in [-0.05, 0) is 43.0 Å². The molecule has 0 fully saturated rings. The fraction of sp³-hybridized carbons (Fsp3) is 0.304. The molecule has 4 heteroatoms. The fourth-order valence-corrected chi connectivity index (χ4v) is 3.11. The van der Waals surface area contributed by atoms with Crippen molar-refractivity contribution < 1.29 is 4.79 Å². The summed E-state index contributed by atoms with van der Waals surface area (Å²) in [6.07, 6.45) is 4.47. The number of aryl methyl sites for hydroxylation is 1. The Hall–Kier alpha value is -2.88. The van der Waals surface area contributed by atoms with Crippen molar-refractivity contribution in [1.29, 1.82) is 0 Å². The number of rotatable bonds is 7. The number of imidazole rings is 1. The zero-order valence-corrected chi connectivity index (χ0v) is 16.2. The summed E-state index contributed by atoms with van der Waals surface area (Å²) in [6.45, 7) is 7.33. The fourth-order valence-electron chi connectivity index (χ4n) is 3.11. The van der Waals surface area contributed by atoms with E-state index in [0.717, 1.165) is 35.4 Å². The van der Waals surface area contributed by atoms with Crippen molar-refractivity contribution in [3.8, 4) is 0 Å². The van der Waals surface area contributed by atoms with Gasteiger partial charge in [-0.1, -0.05) is 56.3 Å². The van der Waals surface area contributed by atoms with Gasteiger partial charge in [0.1, 0.15) is 5.82 Å². The number of benzene rings is 2. The van der Waals surface area contributed by atoms with Gasteiger partial charge in [0.15, 0.2) is 0 Å². The summed E-state index contributed by atoms with van der Waals surface area (Å²) in [7, 11) is 0. The standard InChI is InChI=1S/C23H27N3O/c1-17(2)15-16-26-21-12-8-7-11-20(21)25-23(26)18(3)24-22(27)14-13-19-9-5-4-6-10-19/h4-14,17-18H,15-16H2,1-3H3,(H,24,27)/b14-13+. The molecule has 1 N–H and O–H groups in total. The van der Waals surface area contributed by atoms with Gasteiger partial charge in [0.2, 0.25) is 5.91 Å². The summed E-state index contributed by atoms with van der Waals surface area (Å²) < 4.78 is 2.24. The Bertz CT molecular complexity index is 925. The van der Waals surface area contributed by atoms with E-state index in [2.05, 4.69) is 29.8 Å². The molecule has 1 heterocycles.